The van der Waals surface area contributed by atoms with Crippen molar-refractivity contribution in [3.63, 3.8) is 0 Å². The second kappa shape index (κ2) is 4.03. The maximum Gasteiger partial charge on any atom is 0.217 e. The average Bonchev–Trinajstić information content (AvgIpc) is 2.16. The molecule has 1 aliphatic rings. The maximum atomic E-state index is 11.0. The van der Waals surface area contributed by atoms with E-state index in [1.807, 2.05) is 0 Å². The Bertz CT molecular complexity index is 387. The van der Waals surface area contributed by atoms with E-state index in [-0.39, 0.29) is 11.9 Å². The number of amides is 1. The lowest BCUT2D eigenvalue weighted by Crippen LogP contribution is -2.38. The number of fused-ring (bicyclic) bond motifs is 1. The molecule has 0 fully saturated rings. The standard InChI is InChI=1S/C12H16N2O/c1-8-3-4-11-10(5-8)6-13-7-12(11)14-9(2)15/h3-5,12-13H,6-7H2,1-2H3,(H,14,15). The molecule has 0 aliphatic carbocycles. The van der Waals surface area contributed by atoms with Crippen LogP contribution in [0.1, 0.15) is 29.7 Å². The summed E-state index contributed by atoms with van der Waals surface area (Å²) in [5.74, 6) is 0.0234. The van der Waals surface area contributed by atoms with Gasteiger partial charge in [0.15, 0.2) is 0 Å². The number of carbonyl (C=O) groups is 1. The smallest absolute Gasteiger partial charge is 0.217 e. The molecule has 15 heavy (non-hydrogen) atoms. The predicted molar refractivity (Wildman–Crippen MR) is 59.4 cm³/mol. The van der Waals surface area contributed by atoms with Gasteiger partial charge in [-0.2, -0.15) is 0 Å². The van der Waals surface area contributed by atoms with Gasteiger partial charge >= 0.3 is 0 Å². The highest BCUT2D eigenvalue weighted by Crippen LogP contribution is 2.22. The van der Waals surface area contributed by atoms with Crippen LogP contribution in [-0.2, 0) is 11.3 Å². The lowest BCUT2D eigenvalue weighted by Gasteiger charge is -2.27. The van der Waals surface area contributed by atoms with Crippen molar-refractivity contribution in [2.75, 3.05) is 6.54 Å². The lowest BCUT2D eigenvalue weighted by atomic mass is 9.95. The van der Waals surface area contributed by atoms with Crippen molar-refractivity contribution in [3.05, 3.63) is 34.9 Å². The van der Waals surface area contributed by atoms with Crippen LogP contribution in [0.3, 0.4) is 0 Å². The molecule has 0 radical (unpaired) electrons. The van der Waals surface area contributed by atoms with Gasteiger partial charge < -0.3 is 10.6 Å². The van der Waals surface area contributed by atoms with Crippen LogP contribution in [0.2, 0.25) is 0 Å². The minimum atomic E-state index is 0.0234. The molecule has 1 amide bonds. The van der Waals surface area contributed by atoms with Crippen molar-refractivity contribution in [2.45, 2.75) is 26.4 Å². The van der Waals surface area contributed by atoms with Crippen LogP contribution < -0.4 is 10.6 Å². The van der Waals surface area contributed by atoms with Gasteiger partial charge in [-0.25, -0.2) is 0 Å². The first-order chi connectivity index (χ1) is 7.16. The Morgan fingerprint density at radius 1 is 1.53 bits per heavy atom. The molecule has 1 unspecified atom stereocenters. The Labute approximate surface area is 89.9 Å². The second-order valence-electron chi connectivity index (χ2n) is 4.09. The van der Waals surface area contributed by atoms with Gasteiger partial charge in [0.05, 0.1) is 6.04 Å². The van der Waals surface area contributed by atoms with E-state index in [1.165, 1.54) is 16.7 Å². The Morgan fingerprint density at radius 3 is 3.07 bits per heavy atom. The zero-order valence-corrected chi connectivity index (χ0v) is 9.13. The van der Waals surface area contributed by atoms with Crippen molar-refractivity contribution in [1.29, 1.82) is 0 Å². The molecular weight excluding hydrogens is 188 g/mol. The largest absolute Gasteiger partial charge is 0.348 e. The van der Waals surface area contributed by atoms with Gasteiger partial charge in [-0.3, -0.25) is 4.79 Å². The normalized spacial score (nSPS) is 19.5. The van der Waals surface area contributed by atoms with Crippen molar-refractivity contribution in [3.8, 4) is 0 Å². The summed E-state index contributed by atoms with van der Waals surface area (Å²) in [6, 6.07) is 6.51. The summed E-state index contributed by atoms with van der Waals surface area (Å²) in [6.45, 7) is 5.35. The van der Waals surface area contributed by atoms with E-state index >= 15 is 0 Å². The lowest BCUT2D eigenvalue weighted by molar-refractivity contribution is -0.119. The highest BCUT2D eigenvalue weighted by molar-refractivity contribution is 5.73. The number of benzene rings is 1. The van der Waals surface area contributed by atoms with E-state index in [0.717, 1.165) is 13.1 Å². The quantitative estimate of drug-likeness (QED) is 0.723. The summed E-state index contributed by atoms with van der Waals surface area (Å²) < 4.78 is 0. The number of rotatable bonds is 1. The monoisotopic (exact) mass is 204 g/mol. The minimum absolute atomic E-state index is 0.0234. The summed E-state index contributed by atoms with van der Waals surface area (Å²) in [4.78, 5) is 11.0. The molecule has 3 nitrogen and oxygen atoms in total. The zero-order valence-electron chi connectivity index (χ0n) is 9.13. The van der Waals surface area contributed by atoms with Gasteiger partial charge in [-0.15, -0.1) is 0 Å². The molecular formula is C12H16N2O. The van der Waals surface area contributed by atoms with E-state index in [1.54, 1.807) is 6.92 Å². The molecule has 1 aromatic rings. The molecule has 0 spiro atoms. The number of nitrogens with one attached hydrogen (secondary N) is 2. The Balaban J connectivity index is 2.30. The van der Waals surface area contributed by atoms with Crippen LogP contribution in [-0.4, -0.2) is 12.5 Å². The Morgan fingerprint density at radius 2 is 2.33 bits per heavy atom. The first kappa shape index (κ1) is 10.2. The van der Waals surface area contributed by atoms with Crippen molar-refractivity contribution < 1.29 is 4.79 Å². The van der Waals surface area contributed by atoms with Crippen LogP contribution >= 0.6 is 0 Å². The van der Waals surface area contributed by atoms with Crippen LogP contribution in [0.5, 0.6) is 0 Å². The summed E-state index contributed by atoms with van der Waals surface area (Å²) in [6.07, 6.45) is 0. The maximum absolute atomic E-state index is 11.0. The molecule has 0 saturated carbocycles. The molecule has 0 saturated heterocycles. The highest BCUT2D eigenvalue weighted by Gasteiger charge is 2.19. The molecule has 1 aromatic carbocycles. The molecule has 1 aliphatic heterocycles. The third-order valence-electron chi connectivity index (χ3n) is 2.72. The molecule has 2 rings (SSSR count). The molecule has 1 atom stereocenters. The third-order valence-corrected chi connectivity index (χ3v) is 2.72. The Hall–Kier alpha value is -1.35. The fraction of sp³-hybridized carbons (Fsp3) is 0.417. The van der Waals surface area contributed by atoms with Gasteiger partial charge in [0.25, 0.3) is 0 Å². The van der Waals surface area contributed by atoms with Gasteiger partial charge in [0.1, 0.15) is 0 Å². The van der Waals surface area contributed by atoms with Crippen LogP contribution in [0.25, 0.3) is 0 Å². The van der Waals surface area contributed by atoms with Gasteiger partial charge in [-0.05, 0) is 18.1 Å². The van der Waals surface area contributed by atoms with Gasteiger partial charge in [-0.1, -0.05) is 23.8 Å². The summed E-state index contributed by atoms with van der Waals surface area (Å²) in [7, 11) is 0. The minimum Gasteiger partial charge on any atom is -0.348 e. The zero-order chi connectivity index (χ0) is 10.8. The predicted octanol–water partition coefficient (Wildman–Crippen LogP) is 1.28. The van der Waals surface area contributed by atoms with E-state index in [4.69, 9.17) is 0 Å². The van der Waals surface area contributed by atoms with E-state index < -0.39 is 0 Å². The molecule has 0 aromatic heterocycles. The highest BCUT2D eigenvalue weighted by atomic mass is 16.1. The first-order valence-electron chi connectivity index (χ1n) is 5.24. The first-order valence-corrected chi connectivity index (χ1v) is 5.24. The average molecular weight is 204 g/mol. The van der Waals surface area contributed by atoms with E-state index in [0.29, 0.717) is 0 Å². The fourth-order valence-corrected chi connectivity index (χ4v) is 2.06. The molecule has 1 heterocycles. The Kier molecular flexibility index (Phi) is 2.73. The van der Waals surface area contributed by atoms with E-state index in [9.17, 15) is 4.79 Å². The molecule has 2 N–H and O–H groups in total. The third kappa shape index (κ3) is 2.18. The van der Waals surface area contributed by atoms with Crippen LogP contribution in [0.4, 0.5) is 0 Å². The molecule has 3 heteroatoms. The van der Waals surface area contributed by atoms with Gasteiger partial charge in [0.2, 0.25) is 5.91 Å². The van der Waals surface area contributed by atoms with E-state index in [2.05, 4.69) is 35.8 Å². The fourth-order valence-electron chi connectivity index (χ4n) is 2.06. The topological polar surface area (TPSA) is 41.1 Å². The number of hydrogen-bond donors (Lipinski definition) is 2. The van der Waals surface area contributed by atoms with Crippen LogP contribution in [0.15, 0.2) is 18.2 Å². The number of aryl methyl sites for hydroxylation is 1. The van der Waals surface area contributed by atoms with Crippen molar-refractivity contribution in [2.24, 2.45) is 0 Å². The van der Waals surface area contributed by atoms with Crippen molar-refractivity contribution >= 4 is 5.91 Å². The second-order valence-corrected chi connectivity index (χ2v) is 4.09. The number of carbonyl (C=O) groups excluding carboxylic acids is 1. The summed E-state index contributed by atoms with van der Waals surface area (Å²) in [5, 5.41) is 6.26. The van der Waals surface area contributed by atoms with Gasteiger partial charge in [0, 0.05) is 20.0 Å². The van der Waals surface area contributed by atoms with Crippen LogP contribution in [0, 0.1) is 6.92 Å². The summed E-state index contributed by atoms with van der Waals surface area (Å²) >= 11 is 0. The molecule has 80 valence electrons. The number of hydrogen-bond acceptors (Lipinski definition) is 2. The van der Waals surface area contributed by atoms with Crippen molar-refractivity contribution in [1.82, 2.24) is 10.6 Å². The SMILES string of the molecule is CC(=O)NC1CNCc2cc(C)ccc21. The molecule has 0 bridgehead atoms. The summed E-state index contributed by atoms with van der Waals surface area (Å²) in [5.41, 5.74) is 3.80.